The molecule has 0 fully saturated rings. The minimum absolute atomic E-state index is 0.128. The lowest BCUT2D eigenvalue weighted by molar-refractivity contribution is -0.137. The maximum Gasteiger partial charge on any atom is 0.303 e. The fourth-order valence-corrected chi connectivity index (χ4v) is 2.19. The third-order valence-electron chi connectivity index (χ3n) is 3.55. The first-order valence-electron chi connectivity index (χ1n) is 7.50. The average molecular weight is 277 g/mol. The number of aryl methyl sites for hydroxylation is 1. The number of hydrogen-bond acceptors (Lipinski definition) is 2. The first-order chi connectivity index (χ1) is 9.49. The van der Waals surface area contributed by atoms with Crippen LogP contribution in [0, 0.1) is 0 Å². The van der Waals surface area contributed by atoms with Gasteiger partial charge in [0.2, 0.25) is 0 Å². The lowest BCUT2D eigenvalue weighted by Gasteiger charge is -2.26. The van der Waals surface area contributed by atoms with Crippen molar-refractivity contribution in [3.63, 3.8) is 0 Å². The summed E-state index contributed by atoms with van der Waals surface area (Å²) in [5.74, 6) is -0.693. The molecule has 0 saturated carbocycles. The van der Waals surface area contributed by atoms with E-state index in [9.17, 15) is 4.79 Å². The molecule has 0 atom stereocenters. The van der Waals surface area contributed by atoms with Crippen molar-refractivity contribution in [1.29, 1.82) is 0 Å². The van der Waals surface area contributed by atoms with E-state index in [2.05, 4.69) is 43.4 Å². The molecule has 0 saturated heterocycles. The normalized spacial score (nSPS) is 11.5. The first-order valence-corrected chi connectivity index (χ1v) is 7.50. The molecule has 1 aromatic rings. The highest BCUT2D eigenvalue weighted by molar-refractivity contribution is 5.66. The lowest BCUT2D eigenvalue weighted by Crippen LogP contribution is -2.40. The average Bonchev–Trinajstić information content (AvgIpc) is 2.41. The highest BCUT2D eigenvalue weighted by atomic mass is 16.4. The van der Waals surface area contributed by atoms with Crippen LogP contribution in [0.25, 0.3) is 0 Å². The van der Waals surface area contributed by atoms with Crippen LogP contribution in [0.1, 0.15) is 51.5 Å². The van der Waals surface area contributed by atoms with E-state index in [1.54, 1.807) is 0 Å². The van der Waals surface area contributed by atoms with Crippen molar-refractivity contribution in [3.05, 3.63) is 35.9 Å². The van der Waals surface area contributed by atoms with Gasteiger partial charge in [-0.15, -0.1) is 0 Å². The number of carboxylic acids is 1. The molecule has 2 N–H and O–H groups in total. The summed E-state index contributed by atoms with van der Waals surface area (Å²) in [6.07, 6.45) is 5.28. The van der Waals surface area contributed by atoms with Gasteiger partial charge in [-0.25, -0.2) is 0 Å². The third kappa shape index (κ3) is 7.95. The van der Waals surface area contributed by atoms with Crippen molar-refractivity contribution in [2.24, 2.45) is 0 Å². The van der Waals surface area contributed by atoms with E-state index in [0.29, 0.717) is 0 Å². The molecule has 0 aliphatic rings. The molecule has 0 aliphatic heterocycles. The van der Waals surface area contributed by atoms with Gasteiger partial charge in [-0.1, -0.05) is 36.8 Å². The Kier molecular flexibility index (Phi) is 7.31. The largest absolute Gasteiger partial charge is 0.481 e. The van der Waals surface area contributed by atoms with E-state index in [4.69, 9.17) is 5.11 Å². The second-order valence-electron chi connectivity index (χ2n) is 6.00. The van der Waals surface area contributed by atoms with E-state index < -0.39 is 5.97 Å². The Morgan fingerprint density at radius 3 is 2.50 bits per heavy atom. The van der Waals surface area contributed by atoms with E-state index in [1.807, 2.05) is 6.07 Å². The third-order valence-corrected chi connectivity index (χ3v) is 3.55. The quantitative estimate of drug-likeness (QED) is 0.642. The Labute approximate surface area is 122 Å². The molecule has 112 valence electrons. The fourth-order valence-electron chi connectivity index (χ4n) is 2.19. The van der Waals surface area contributed by atoms with Gasteiger partial charge in [-0.2, -0.15) is 0 Å². The van der Waals surface area contributed by atoms with Crippen molar-refractivity contribution in [1.82, 2.24) is 5.32 Å². The number of rotatable bonds is 10. The Hall–Kier alpha value is -1.35. The summed E-state index contributed by atoms with van der Waals surface area (Å²) in [4.78, 5) is 10.4. The molecule has 0 spiro atoms. The zero-order valence-corrected chi connectivity index (χ0v) is 12.7. The molecule has 1 rings (SSSR count). The molecular weight excluding hydrogens is 250 g/mol. The maximum absolute atomic E-state index is 10.4. The summed E-state index contributed by atoms with van der Waals surface area (Å²) >= 11 is 0. The van der Waals surface area contributed by atoms with Crippen LogP contribution in [0.2, 0.25) is 0 Å². The van der Waals surface area contributed by atoms with Crippen molar-refractivity contribution in [3.8, 4) is 0 Å². The number of carboxylic acid groups (broad SMARTS) is 1. The Morgan fingerprint density at radius 1 is 1.15 bits per heavy atom. The number of carbonyl (C=O) groups is 1. The molecule has 0 bridgehead atoms. The summed E-state index contributed by atoms with van der Waals surface area (Å²) in [5.41, 5.74) is 1.51. The summed E-state index contributed by atoms with van der Waals surface area (Å²) in [6.45, 7) is 5.42. The van der Waals surface area contributed by atoms with Crippen LogP contribution in [0.5, 0.6) is 0 Å². The molecule has 0 aliphatic carbocycles. The van der Waals surface area contributed by atoms with Crippen LogP contribution in [0.15, 0.2) is 30.3 Å². The zero-order valence-electron chi connectivity index (χ0n) is 12.7. The summed E-state index contributed by atoms with van der Waals surface area (Å²) in [7, 11) is 0. The van der Waals surface area contributed by atoms with Gasteiger partial charge in [0.1, 0.15) is 0 Å². The van der Waals surface area contributed by atoms with Gasteiger partial charge in [0.15, 0.2) is 0 Å². The predicted molar refractivity (Wildman–Crippen MR) is 82.9 cm³/mol. The van der Waals surface area contributed by atoms with Crippen LogP contribution in [-0.4, -0.2) is 23.2 Å². The lowest BCUT2D eigenvalue weighted by atomic mass is 9.95. The van der Waals surface area contributed by atoms with Crippen LogP contribution >= 0.6 is 0 Å². The summed E-state index contributed by atoms with van der Waals surface area (Å²) < 4.78 is 0. The fraction of sp³-hybridized carbons (Fsp3) is 0.588. The van der Waals surface area contributed by atoms with E-state index >= 15 is 0 Å². The molecule has 3 heteroatoms. The van der Waals surface area contributed by atoms with Crippen molar-refractivity contribution in [2.45, 2.75) is 57.9 Å². The summed E-state index contributed by atoms with van der Waals surface area (Å²) in [6, 6.07) is 10.5. The first kappa shape index (κ1) is 16.7. The van der Waals surface area contributed by atoms with Crippen LogP contribution < -0.4 is 5.32 Å². The highest BCUT2D eigenvalue weighted by Gasteiger charge is 2.16. The molecule has 20 heavy (non-hydrogen) atoms. The highest BCUT2D eigenvalue weighted by Crippen LogP contribution is 2.13. The Balaban J connectivity index is 2.13. The molecule has 0 amide bonds. The molecular formula is C17H27NO2. The van der Waals surface area contributed by atoms with Gasteiger partial charge in [0.05, 0.1) is 0 Å². The van der Waals surface area contributed by atoms with E-state index in [-0.39, 0.29) is 12.0 Å². The number of aliphatic carboxylic acids is 1. The topological polar surface area (TPSA) is 49.3 Å². The molecule has 0 heterocycles. The van der Waals surface area contributed by atoms with Gasteiger partial charge in [-0.3, -0.25) is 4.79 Å². The molecule has 0 aromatic heterocycles. The van der Waals surface area contributed by atoms with Crippen LogP contribution in [0.3, 0.4) is 0 Å². The number of nitrogens with one attached hydrogen (secondary N) is 1. The van der Waals surface area contributed by atoms with Gasteiger partial charge in [0.25, 0.3) is 0 Å². The SMILES string of the molecule is CC(C)(CCc1ccccc1)NCCCCCC(=O)O. The number of unbranched alkanes of at least 4 members (excludes halogenated alkanes) is 2. The van der Waals surface area contributed by atoms with E-state index in [0.717, 1.165) is 38.6 Å². The van der Waals surface area contributed by atoms with Crippen molar-refractivity contribution >= 4 is 5.97 Å². The monoisotopic (exact) mass is 277 g/mol. The van der Waals surface area contributed by atoms with Crippen molar-refractivity contribution < 1.29 is 9.90 Å². The molecule has 3 nitrogen and oxygen atoms in total. The van der Waals surface area contributed by atoms with E-state index in [1.165, 1.54) is 5.56 Å². The molecule has 0 radical (unpaired) electrons. The van der Waals surface area contributed by atoms with Crippen LogP contribution in [-0.2, 0) is 11.2 Å². The second kappa shape index (κ2) is 8.75. The van der Waals surface area contributed by atoms with Gasteiger partial charge in [0, 0.05) is 12.0 Å². The van der Waals surface area contributed by atoms with Gasteiger partial charge in [-0.05, 0) is 51.6 Å². The predicted octanol–water partition coefficient (Wildman–Crippen LogP) is 3.63. The molecule has 1 aromatic carbocycles. The Morgan fingerprint density at radius 2 is 1.85 bits per heavy atom. The van der Waals surface area contributed by atoms with Gasteiger partial charge >= 0.3 is 5.97 Å². The van der Waals surface area contributed by atoms with Crippen LogP contribution in [0.4, 0.5) is 0 Å². The number of benzene rings is 1. The summed E-state index contributed by atoms with van der Waals surface area (Å²) in [5, 5.41) is 12.1. The molecule has 0 unspecified atom stereocenters. The smallest absolute Gasteiger partial charge is 0.303 e. The second-order valence-corrected chi connectivity index (χ2v) is 6.00. The minimum Gasteiger partial charge on any atom is -0.481 e. The number of hydrogen-bond donors (Lipinski definition) is 2. The maximum atomic E-state index is 10.4. The zero-order chi connectivity index (χ0) is 14.8. The Bertz CT molecular complexity index is 387. The standard InChI is InChI=1S/C17H27NO2/c1-17(2,13-12-15-9-5-3-6-10-15)18-14-8-4-7-11-16(19)20/h3,5-6,9-10,18H,4,7-8,11-14H2,1-2H3,(H,19,20). The van der Waals surface area contributed by atoms with Gasteiger partial charge < -0.3 is 10.4 Å². The van der Waals surface area contributed by atoms with Crippen molar-refractivity contribution in [2.75, 3.05) is 6.54 Å². The minimum atomic E-state index is -0.693.